The van der Waals surface area contributed by atoms with E-state index < -0.39 is 0 Å². The lowest BCUT2D eigenvalue weighted by atomic mass is 9.83. The maximum Gasteiger partial charge on any atom is 0.224 e. The number of benzene rings is 2. The van der Waals surface area contributed by atoms with Gasteiger partial charge in [-0.1, -0.05) is 41.6 Å². The number of nitrogens with one attached hydrogen (secondary N) is 1. The van der Waals surface area contributed by atoms with E-state index in [1.165, 1.54) is 17.5 Å². The molecule has 0 bridgehead atoms. The summed E-state index contributed by atoms with van der Waals surface area (Å²) >= 11 is 0. The average Bonchev–Trinajstić information content (AvgIpc) is 3.09. The molecular weight excluding hydrogens is 376 g/mol. The van der Waals surface area contributed by atoms with Crippen molar-refractivity contribution in [3.63, 3.8) is 0 Å². The largest absolute Gasteiger partial charge is 0.489 e. The molecule has 0 spiro atoms. The van der Waals surface area contributed by atoms with Crippen LogP contribution in [0.3, 0.4) is 0 Å². The second-order valence-corrected chi connectivity index (χ2v) is 8.00. The number of hydrogen-bond acceptors (Lipinski definition) is 4. The molecule has 5 nitrogen and oxygen atoms in total. The molecule has 3 aromatic rings. The second-order valence-electron chi connectivity index (χ2n) is 8.00. The van der Waals surface area contributed by atoms with Gasteiger partial charge in [0.25, 0.3) is 0 Å². The highest BCUT2D eigenvalue weighted by atomic mass is 16.5. The fraction of sp³-hybridized carbons (Fsp3) is 0.360. The van der Waals surface area contributed by atoms with Crippen LogP contribution in [0.5, 0.6) is 5.75 Å². The Morgan fingerprint density at radius 2 is 1.97 bits per heavy atom. The number of aryl methyl sites for hydroxylation is 3. The van der Waals surface area contributed by atoms with E-state index in [4.69, 9.17) is 9.26 Å². The standard InChI is InChI=1S/C25H28N2O3/c1-17-24(18(2)30-27-17)16-29-22-12-10-19(11-13-22)14-25(28)26-15-21-8-5-7-20-6-3-4-9-23(20)21/h3-4,6,9-13,21H,5,7-8,14-16H2,1-2H3,(H,26,28). The summed E-state index contributed by atoms with van der Waals surface area (Å²) in [4.78, 5) is 12.4. The van der Waals surface area contributed by atoms with Crippen molar-refractivity contribution in [2.45, 2.75) is 52.1 Å². The average molecular weight is 405 g/mol. The van der Waals surface area contributed by atoms with Gasteiger partial charge in [0.2, 0.25) is 5.91 Å². The Morgan fingerprint density at radius 3 is 2.73 bits per heavy atom. The lowest BCUT2D eigenvalue weighted by Crippen LogP contribution is -2.31. The molecule has 0 saturated carbocycles. The van der Waals surface area contributed by atoms with E-state index in [2.05, 4.69) is 34.7 Å². The zero-order valence-electron chi connectivity index (χ0n) is 17.6. The molecule has 1 heterocycles. The molecule has 1 aliphatic carbocycles. The zero-order valence-corrected chi connectivity index (χ0v) is 17.6. The van der Waals surface area contributed by atoms with Crippen molar-refractivity contribution in [1.82, 2.24) is 10.5 Å². The predicted octanol–water partition coefficient (Wildman–Crippen LogP) is 4.65. The Bertz CT molecular complexity index is 988. The van der Waals surface area contributed by atoms with E-state index in [0.29, 0.717) is 25.5 Å². The molecule has 1 amide bonds. The van der Waals surface area contributed by atoms with Crippen molar-refractivity contribution in [2.75, 3.05) is 6.54 Å². The minimum absolute atomic E-state index is 0.0578. The third kappa shape index (κ3) is 4.73. The number of nitrogens with zero attached hydrogens (tertiary/aromatic N) is 1. The summed E-state index contributed by atoms with van der Waals surface area (Å²) in [6.45, 7) is 4.91. The van der Waals surface area contributed by atoms with Gasteiger partial charge in [-0.25, -0.2) is 0 Å². The monoisotopic (exact) mass is 404 g/mol. The van der Waals surface area contributed by atoms with E-state index in [0.717, 1.165) is 41.2 Å². The van der Waals surface area contributed by atoms with Crippen LogP contribution in [0.4, 0.5) is 0 Å². The fourth-order valence-electron chi connectivity index (χ4n) is 4.12. The van der Waals surface area contributed by atoms with Crippen molar-refractivity contribution >= 4 is 5.91 Å². The molecule has 5 heteroatoms. The van der Waals surface area contributed by atoms with Gasteiger partial charge in [-0.15, -0.1) is 0 Å². The second kappa shape index (κ2) is 9.16. The van der Waals surface area contributed by atoms with Crippen LogP contribution in [0.2, 0.25) is 0 Å². The molecule has 2 aromatic carbocycles. The van der Waals surface area contributed by atoms with Crippen molar-refractivity contribution in [3.05, 3.63) is 82.2 Å². The maximum absolute atomic E-state index is 12.4. The van der Waals surface area contributed by atoms with Gasteiger partial charge in [0.05, 0.1) is 17.7 Å². The van der Waals surface area contributed by atoms with E-state index in [1.54, 1.807) is 0 Å². The zero-order chi connectivity index (χ0) is 20.9. The van der Waals surface area contributed by atoms with Gasteiger partial charge in [-0.2, -0.15) is 0 Å². The Hall–Kier alpha value is -3.08. The number of amides is 1. The molecule has 0 fully saturated rings. The van der Waals surface area contributed by atoms with Crippen molar-refractivity contribution in [3.8, 4) is 5.75 Å². The number of rotatable bonds is 7. The summed E-state index contributed by atoms with van der Waals surface area (Å²) in [5.41, 5.74) is 5.62. The molecule has 156 valence electrons. The first-order valence-corrected chi connectivity index (χ1v) is 10.6. The summed E-state index contributed by atoms with van der Waals surface area (Å²) in [6, 6.07) is 16.3. The highest BCUT2D eigenvalue weighted by molar-refractivity contribution is 5.78. The third-order valence-electron chi connectivity index (χ3n) is 5.89. The molecule has 0 saturated heterocycles. The van der Waals surface area contributed by atoms with Crippen LogP contribution in [-0.4, -0.2) is 17.6 Å². The van der Waals surface area contributed by atoms with E-state index >= 15 is 0 Å². The molecule has 1 aliphatic rings. The summed E-state index contributed by atoms with van der Waals surface area (Å²) in [7, 11) is 0. The van der Waals surface area contributed by atoms with Crippen LogP contribution in [0.1, 0.15) is 52.5 Å². The molecule has 1 aromatic heterocycles. The lowest BCUT2D eigenvalue weighted by molar-refractivity contribution is -0.120. The van der Waals surface area contributed by atoms with Gasteiger partial charge in [0.1, 0.15) is 18.1 Å². The third-order valence-corrected chi connectivity index (χ3v) is 5.89. The van der Waals surface area contributed by atoms with Gasteiger partial charge in [0.15, 0.2) is 0 Å². The molecule has 30 heavy (non-hydrogen) atoms. The Morgan fingerprint density at radius 1 is 1.17 bits per heavy atom. The highest BCUT2D eigenvalue weighted by Gasteiger charge is 2.20. The van der Waals surface area contributed by atoms with E-state index in [1.807, 2.05) is 38.1 Å². The number of ether oxygens (including phenoxy) is 1. The van der Waals surface area contributed by atoms with Crippen LogP contribution in [0.15, 0.2) is 53.1 Å². The van der Waals surface area contributed by atoms with Crippen molar-refractivity contribution < 1.29 is 14.1 Å². The SMILES string of the molecule is Cc1noc(C)c1COc1ccc(CC(=O)NCC2CCCc3ccccc32)cc1. The normalized spacial score (nSPS) is 15.5. The number of carbonyl (C=O) groups excluding carboxylic acids is 1. The maximum atomic E-state index is 12.4. The van der Waals surface area contributed by atoms with Gasteiger partial charge in [-0.05, 0) is 61.9 Å². The van der Waals surface area contributed by atoms with Crippen LogP contribution < -0.4 is 10.1 Å². The van der Waals surface area contributed by atoms with Crippen molar-refractivity contribution in [1.29, 1.82) is 0 Å². The van der Waals surface area contributed by atoms with Gasteiger partial charge in [-0.3, -0.25) is 4.79 Å². The first kappa shape index (κ1) is 20.2. The van der Waals surface area contributed by atoms with Gasteiger partial charge in [0, 0.05) is 12.5 Å². The molecule has 0 radical (unpaired) electrons. The Kier molecular flexibility index (Phi) is 6.17. The predicted molar refractivity (Wildman–Crippen MR) is 116 cm³/mol. The van der Waals surface area contributed by atoms with E-state index in [-0.39, 0.29) is 5.91 Å². The molecule has 1 atom stereocenters. The topological polar surface area (TPSA) is 64.4 Å². The van der Waals surface area contributed by atoms with Crippen LogP contribution >= 0.6 is 0 Å². The van der Waals surface area contributed by atoms with Crippen LogP contribution in [0.25, 0.3) is 0 Å². The minimum atomic E-state index is 0.0578. The van der Waals surface area contributed by atoms with Crippen LogP contribution in [0, 0.1) is 13.8 Å². The molecule has 4 rings (SSSR count). The minimum Gasteiger partial charge on any atom is -0.489 e. The number of carbonyl (C=O) groups is 1. The Balaban J connectivity index is 1.27. The van der Waals surface area contributed by atoms with Gasteiger partial charge < -0.3 is 14.6 Å². The highest BCUT2D eigenvalue weighted by Crippen LogP contribution is 2.30. The first-order valence-electron chi connectivity index (χ1n) is 10.6. The lowest BCUT2D eigenvalue weighted by Gasteiger charge is -2.25. The van der Waals surface area contributed by atoms with Crippen LogP contribution in [-0.2, 0) is 24.2 Å². The Labute approximate surface area is 177 Å². The number of fused-ring (bicyclic) bond motifs is 1. The smallest absolute Gasteiger partial charge is 0.224 e. The first-order chi connectivity index (χ1) is 14.6. The van der Waals surface area contributed by atoms with Gasteiger partial charge >= 0.3 is 0 Å². The molecule has 0 aliphatic heterocycles. The molecule has 1 N–H and O–H groups in total. The van der Waals surface area contributed by atoms with E-state index in [9.17, 15) is 4.79 Å². The summed E-state index contributed by atoms with van der Waals surface area (Å²) in [6.07, 6.45) is 3.84. The summed E-state index contributed by atoms with van der Waals surface area (Å²) in [5, 5.41) is 7.06. The number of aromatic nitrogens is 1. The summed E-state index contributed by atoms with van der Waals surface area (Å²) in [5.74, 6) is 2.01. The summed E-state index contributed by atoms with van der Waals surface area (Å²) < 4.78 is 11.0. The number of hydrogen-bond donors (Lipinski definition) is 1. The molecule has 1 unspecified atom stereocenters. The molecular formula is C25H28N2O3. The van der Waals surface area contributed by atoms with Crippen molar-refractivity contribution in [2.24, 2.45) is 0 Å². The fourth-order valence-corrected chi connectivity index (χ4v) is 4.12. The quantitative estimate of drug-likeness (QED) is 0.623.